The number of rotatable bonds is 5. The minimum absolute atomic E-state index is 0.174. The SMILES string of the molecule is O=C(CCNC(=O)c1ccc2ccccc2c1)Nc1ccc2c(c1)OCCO2. The fourth-order valence-corrected chi connectivity index (χ4v) is 3.07. The van der Waals surface area contributed by atoms with Gasteiger partial charge in [0.1, 0.15) is 13.2 Å². The summed E-state index contributed by atoms with van der Waals surface area (Å²) in [6, 6.07) is 18.7. The van der Waals surface area contributed by atoms with E-state index in [9.17, 15) is 9.59 Å². The maximum absolute atomic E-state index is 12.3. The van der Waals surface area contributed by atoms with Gasteiger partial charge in [-0.1, -0.05) is 30.3 Å². The lowest BCUT2D eigenvalue weighted by atomic mass is 10.1. The van der Waals surface area contributed by atoms with E-state index in [1.165, 1.54) is 0 Å². The molecule has 0 saturated carbocycles. The number of carbonyl (C=O) groups excluding carboxylic acids is 2. The smallest absolute Gasteiger partial charge is 0.251 e. The Morgan fingerprint density at radius 1 is 0.857 bits per heavy atom. The molecule has 0 aromatic heterocycles. The van der Waals surface area contributed by atoms with Gasteiger partial charge in [0.2, 0.25) is 5.91 Å². The fraction of sp³-hybridized carbons (Fsp3) is 0.182. The quantitative estimate of drug-likeness (QED) is 0.716. The van der Waals surface area contributed by atoms with Crippen LogP contribution in [0.25, 0.3) is 10.8 Å². The summed E-state index contributed by atoms with van der Waals surface area (Å²) in [5.41, 5.74) is 1.21. The zero-order chi connectivity index (χ0) is 19.3. The number of ether oxygens (including phenoxy) is 2. The number of anilines is 1. The summed E-state index contributed by atoms with van der Waals surface area (Å²) >= 11 is 0. The summed E-state index contributed by atoms with van der Waals surface area (Å²) < 4.78 is 11.0. The van der Waals surface area contributed by atoms with Gasteiger partial charge >= 0.3 is 0 Å². The zero-order valence-corrected chi connectivity index (χ0v) is 15.2. The number of hydrogen-bond acceptors (Lipinski definition) is 4. The van der Waals surface area contributed by atoms with Gasteiger partial charge in [0.25, 0.3) is 5.91 Å². The Balaban J connectivity index is 1.29. The third-order valence-electron chi connectivity index (χ3n) is 4.48. The second-order valence-electron chi connectivity index (χ2n) is 6.47. The number of nitrogens with one attached hydrogen (secondary N) is 2. The van der Waals surface area contributed by atoms with Gasteiger partial charge in [0, 0.05) is 30.3 Å². The molecule has 0 saturated heterocycles. The van der Waals surface area contributed by atoms with Crippen LogP contribution in [0, 0.1) is 0 Å². The topological polar surface area (TPSA) is 76.7 Å². The van der Waals surface area contributed by atoms with Crippen molar-refractivity contribution in [3.63, 3.8) is 0 Å². The number of hydrogen-bond donors (Lipinski definition) is 2. The van der Waals surface area contributed by atoms with E-state index in [4.69, 9.17) is 9.47 Å². The van der Waals surface area contributed by atoms with Gasteiger partial charge in [0.15, 0.2) is 11.5 Å². The van der Waals surface area contributed by atoms with Crippen molar-refractivity contribution >= 4 is 28.3 Å². The molecule has 0 radical (unpaired) electrons. The molecule has 0 unspecified atom stereocenters. The summed E-state index contributed by atoms with van der Waals surface area (Å²) in [5.74, 6) is 0.911. The van der Waals surface area contributed by atoms with Crippen LogP contribution >= 0.6 is 0 Å². The Morgan fingerprint density at radius 2 is 1.64 bits per heavy atom. The largest absolute Gasteiger partial charge is 0.486 e. The Morgan fingerprint density at radius 3 is 2.50 bits per heavy atom. The van der Waals surface area contributed by atoms with Crippen molar-refractivity contribution in [2.45, 2.75) is 6.42 Å². The fourth-order valence-electron chi connectivity index (χ4n) is 3.07. The van der Waals surface area contributed by atoms with Gasteiger partial charge in [-0.25, -0.2) is 0 Å². The van der Waals surface area contributed by atoms with Crippen molar-refractivity contribution in [3.8, 4) is 11.5 Å². The molecule has 2 N–H and O–H groups in total. The first-order chi connectivity index (χ1) is 13.7. The maximum atomic E-state index is 12.3. The highest BCUT2D eigenvalue weighted by Gasteiger charge is 2.13. The summed E-state index contributed by atoms with van der Waals surface area (Å²) in [5, 5.41) is 7.68. The van der Waals surface area contributed by atoms with E-state index in [2.05, 4.69) is 10.6 Å². The predicted octanol–water partition coefficient (Wildman–Crippen LogP) is 3.37. The minimum atomic E-state index is -0.196. The summed E-state index contributed by atoms with van der Waals surface area (Å²) in [7, 11) is 0. The molecule has 1 heterocycles. The van der Waals surface area contributed by atoms with Crippen molar-refractivity contribution in [1.82, 2.24) is 5.32 Å². The summed E-state index contributed by atoms with van der Waals surface area (Å²) in [6.45, 7) is 1.27. The molecule has 3 aromatic rings. The van der Waals surface area contributed by atoms with Crippen LogP contribution in [0.3, 0.4) is 0 Å². The van der Waals surface area contributed by atoms with Gasteiger partial charge in [-0.15, -0.1) is 0 Å². The van der Waals surface area contributed by atoms with Crippen molar-refractivity contribution in [2.75, 3.05) is 25.1 Å². The van der Waals surface area contributed by atoms with Crippen LogP contribution in [-0.4, -0.2) is 31.6 Å². The Bertz CT molecular complexity index is 1030. The first-order valence-electron chi connectivity index (χ1n) is 9.15. The first-order valence-corrected chi connectivity index (χ1v) is 9.15. The molecule has 0 spiro atoms. The van der Waals surface area contributed by atoms with Gasteiger partial charge < -0.3 is 20.1 Å². The molecule has 3 aromatic carbocycles. The lowest BCUT2D eigenvalue weighted by Gasteiger charge is -2.19. The van der Waals surface area contributed by atoms with E-state index in [1.54, 1.807) is 24.3 Å². The second-order valence-corrected chi connectivity index (χ2v) is 6.47. The maximum Gasteiger partial charge on any atom is 0.251 e. The monoisotopic (exact) mass is 376 g/mol. The van der Waals surface area contributed by atoms with Crippen molar-refractivity contribution in [2.24, 2.45) is 0 Å². The average Bonchev–Trinajstić information content (AvgIpc) is 2.73. The van der Waals surface area contributed by atoms with Crippen LogP contribution in [0.2, 0.25) is 0 Å². The molecule has 0 fully saturated rings. The third kappa shape index (κ3) is 4.06. The van der Waals surface area contributed by atoms with E-state index in [0.29, 0.717) is 36.0 Å². The molecule has 1 aliphatic rings. The third-order valence-corrected chi connectivity index (χ3v) is 4.48. The Labute approximate surface area is 162 Å². The second kappa shape index (κ2) is 8.00. The summed E-state index contributed by atoms with van der Waals surface area (Å²) in [4.78, 5) is 24.5. The minimum Gasteiger partial charge on any atom is -0.486 e. The van der Waals surface area contributed by atoms with Gasteiger partial charge in [-0.2, -0.15) is 0 Å². The molecule has 1 aliphatic heterocycles. The summed E-state index contributed by atoms with van der Waals surface area (Å²) in [6.07, 6.45) is 0.174. The highest BCUT2D eigenvalue weighted by Crippen LogP contribution is 2.32. The highest BCUT2D eigenvalue weighted by molar-refractivity contribution is 5.99. The van der Waals surface area contributed by atoms with Gasteiger partial charge in [-0.3, -0.25) is 9.59 Å². The van der Waals surface area contributed by atoms with Crippen LogP contribution in [0.1, 0.15) is 16.8 Å². The molecule has 0 atom stereocenters. The molecule has 6 heteroatoms. The standard InChI is InChI=1S/C22H20N2O4/c25-21(24-18-7-8-19-20(14-18)28-12-11-27-19)9-10-23-22(26)17-6-5-15-3-1-2-4-16(15)13-17/h1-8,13-14H,9-12H2,(H,23,26)(H,24,25). The lowest BCUT2D eigenvalue weighted by molar-refractivity contribution is -0.116. The van der Waals surface area contributed by atoms with Crippen molar-refractivity contribution < 1.29 is 19.1 Å². The van der Waals surface area contributed by atoms with E-state index in [0.717, 1.165) is 10.8 Å². The lowest BCUT2D eigenvalue weighted by Crippen LogP contribution is -2.27. The molecule has 0 bridgehead atoms. The number of benzene rings is 3. The highest BCUT2D eigenvalue weighted by atomic mass is 16.6. The zero-order valence-electron chi connectivity index (χ0n) is 15.2. The van der Waals surface area contributed by atoms with Crippen LogP contribution in [0.4, 0.5) is 5.69 Å². The number of fused-ring (bicyclic) bond motifs is 2. The Kier molecular flexibility index (Phi) is 5.10. The van der Waals surface area contributed by atoms with Crippen LogP contribution in [0.5, 0.6) is 11.5 Å². The van der Waals surface area contributed by atoms with Gasteiger partial charge in [0.05, 0.1) is 0 Å². The molecule has 6 nitrogen and oxygen atoms in total. The molecule has 0 aliphatic carbocycles. The predicted molar refractivity (Wildman–Crippen MR) is 107 cm³/mol. The van der Waals surface area contributed by atoms with Crippen LogP contribution in [-0.2, 0) is 4.79 Å². The average molecular weight is 376 g/mol. The molecular weight excluding hydrogens is 356 g/mol. The van der Waals surface area contributed by atoms with E-state index >= 15 is 0 Å². The van der Waals surface area contributed by atoms with E-state index in [-0.39, 0.29) is 24.8 Å². The normalized spacial score (nSPS) is 12.4. The number of amides is 2. The van der Waals surface area contributed by atoms with Crippen molar-refractivity contribution in [1.29, 1.82) is 0 Å². The molecule has 28 heavy (non-hydrogen) atoms. The van der Waals surface area contributed by atoms with Gasteiger partial charge in [-0.05, 0) is 35.0 Å². The van der Waals surface area contributed by atoms with Crippen LogP contribution < -0.4 is 20.1 Å². The Hall–Kier alpha value is -3.54. The van der Waals surface area contributed by atoms with Crippen molar-refractivity contribution in [3.05, 3.63) is 66.2 Å². The first kappa shape index (κ1) is 17.9. The van der Waals surface area contributed by atoms with E-state index < -0.39 is 0 Å². The number of carbonyl (C=O) groups is 2. The molecule has 142 valence electrons. The molecule has 4 rings (SSSR count). The molecular formula is C22H20N2O4. The molecule has 2 amide bonds. The van der Waals surface area contributed by atoms with Crippen LogP contribution in [0.15, 0.2) is 60.7 Å². The van der Waals surface area contributed by atoms with E-state index in [1.807, 2.05) is 36.4 Å².